The third-order valence-corrected chi connectivity index (χ3v) is 7.46. The van der Waals surface area contributed by atoms with Crippen molar-refractivity contribution in [2.75, 3.05) is 6.61 Å². The molecule has 38 heavy (non-hydrogen) atoms. The van der Waals surface area contributed by atoms with Gasteiger partial charge in [-0.05, 0) is 57.2 Å². The fourth-order valence-electron chi connectivity index (χ4n) is 4.32. The summed E-state index contributed by atoms with van der Waals surface area (Å²) in [5, 5.41) is 5.18. The van der Waals surface area contributed by atoms with E-state index in [-0.39, 0.29) is 24.5 Å². The van der Waals surface area contributed by atoms with Crippen LogP contribution >= 0.6 is 15.9 Å². The third kappa shape index (κ3) is 7.01. The average Bonchev–Trinajstić information content (AvgIpc) is 2.95. The summed E-state index contributed by atoms with van der Waals surface area (Å²) in [4.78, 5) is 29.0. The van der Waals surface area contributed by atoms with Crippen molar-refractivity contribution in [3.8, 4) is 5.75 Å². The molecule has 0 heterocycles. The van der Waals surface area contributed by atoms with Crippen molar-refractivity contribution in [2.45, 2.75) is 45.3 Å². The molecule has 0 spiro atoms. The first kappa shape index (κ1) is 27.4. The molecule has 0 fully saturated rings. The average molecular weight is 574 g/mol. The first-order chi connectivity index (χ1) is 18.5. The summed E-state index contributed by atoms with van der Waals surface area (Å²) in [7, 11) is 0. The first-order valence-corrected chi connectivity index (χ1v) is 13.7. The van der Waals surface area contributed by atoms with Crippen LogP contribution in [-0.2, 0) is 22.6 Å². The molecule has 0 saturated heterocycles. The second-order valence-electron chi connectivity index (χ2n) is 9.42. The van der Waals surface area contributed by atoms with Gasteiger partial charge in [-0.3, -0.25) is 9.59 Å². The van der Waals surface area contributed by atoms with Crippen molar-refractivity contribution < 1.29 is 14.3 Å². The van der Waals surface area contributed by atoms with Crippen LogP contribution in [0.5, 0.6) is 5.75 Å². The number of rotatable bonds is 11. The van der Waals surface area contributed by atoms with E-state index in [1.807, 2.05) is 111 Å². The Labute approximate surface area is 232 Å². The maximum atomic E-state index is 13.8. The highest BCUT2D eigenvalue weighted by atomic mass is 79.9. The summed E-state index contributed by atoms with van der Waals surface area (Å²) >= 11 is 3.64. The SMILES string of the molecule is CC[C@H](C)NC(=O)[C@H](Cc1ccccc1)N(Cc1ccccc1)C(=O)COc1ccc2ccccc2c1Br. The number of carbonyl (C=O) groups excluding carboxylic acids is 2. The Morgan fingerprint density at radius 1 is 0.868 bits per heavy atom. The molecule has 0 saturated carbocycles. The number of nitrogens with zero attached hydrogens (tertiary/aromatic N) is 1. The Bertz CT molecular complexity index is 1360. The molecule has 4 rings (SSSR count). The van der Waals surface area contributed by atoms with Gasteiger partial charge in [-0.15, -0.1) is 0 Å². The zero-order chi connectivity index (χ0) is 26.9. The second kappa shape index (κ2) is 13.2. The quantitative estimate of drug-likeness (QED) is 0.222. The molecular formula is C32H33BrN2O3. The van der Waals surface area contributed by atoms with Gasteiger partial charge in [0.25, 0.3) is 5.91 Å². The number of amides is 2. The zero-order valence-electron chi connectivity index (χ0n) is 21.8. The van der Waals surface area contributed by atoms with Crippen LogP contribution in [-0.4, -0.2) is 35.4 Å². The summed E-state index contributed by atoms with van der Waals surface area (Å²) < 4.78 is 6.84. The monoisotopic (exact) mass is 572 g/mol. The van der Waals surface area contributed by atoms with Gasteiger partial charge in [-0.2, -0.15) is 0 Å². The van der Waals surface area contributed by atoms with Gasteiger partial charge < -0.3 is 15.0 Å². The maximum absolute atomic E-state index is 13.8. The Hall–Kier alpha value is -3.64. The van der Waals surface area contributed by atoms with E-state index < -0.39 is 6.04 Å². The minimum Gasteiger partial charge on any atom is -0.483 e. The van der Waals surface area contributed by atoms with E-state index in [2.05, 4.69) is 21.2 Å². The van der Waals surface area contributed by atoms with Gasteiger partial charge in [0, 0.05) is 19.0 Å². The van der Waals surface area contributed by atoms with Crippen LogP contribution in [0.1, 0.15) is 31.4 Å². The second-order valence-corrected chi connectivity index (χ2v) is 10.2. The van der Waals surface area contributed by atoms with Crippen molar-refractivity contribution in [3.05, 3.63) is 113 Å². The number of hydrogen-bond acceptors (Lipinski definition) is 3. The van der Waals surface area contributed by atoms with Gasteiger partial charge in [0.2, 0.25) is 5.91 Å². The van der Waals surface area contributed by atoms with Crippen molar-refractivity contribution in [1.29, 1.82) is 0 Å². The Kier molecular flexibility index (Phi) is 9.55. The van der Waals surface area contributed by atoms with Crippen molar-refractivity contribution in [3.63, 3.8) is 0 Å². The van der Waals surface area contributed by atoms with E-state index in [4.69, 9.17) is 4.74 Å². The lowest BCUT2D eigenvalue weighted by Gasteiger charge is -2.32. The molecule has 0 aliphatic rings. The molecule has 0 aliphatic carbocycles. The molecule has 0 bridgehead atoms. The van der Waals surface area contributed by atoms with Crippen LogP contribution in [0.15, 0.2) is 102 Å². The molecule has 4 aromatic carbocycles. The van der Waals surface area contributed by atoms with E-state index in [1.165, 1.54) is 0 Å². The topological polar surface area (TPSA) is 58.6 Å². The van der Waals surface area contributed by atoms with E-state index in [1.54, 1.807) is 4.90 Å². The lowest BCUT2D eigenvalue weighted by molar-refractivity contribution is -0.143. The van der Waals surface area contributed by atoms with Crippen molar-refractivity contribution in [1.82, 2.24) is 10.2 Å². The molecule has 196 valence electrons. The van der Waals surface area contributed by atoms with Gasteiger partial charge in [-0.25, -0.2) is 0 Å². The summed E-state index contributed by atoms with van der Waals surface area (Å²) in [5.41, 5.74) is 1.93. The highest BCUT2D eigenvalue weighted by Gasteiger charge is 2.31. The number of benzene rings is 4. The third-order valence-electron chi connectivity index (χ3n) is 6.65. The molecule has 2 atom stereocenters. The van der Waals surface area contributed by atoms with E-state index in [0.29, 0.717) is 18.7 Å². The first-order valence-electron chi connectivity index (χ1n) is 12.9. The van der Waals surface area contributed by atoms with Crippen LogP contribution in [0.3, 0.4) is 0 Å². The predicted molar refractivity (Wildman–Crippen MR) is 156 cm³/mol. The number of hydrogen-bond donors (Lipinski definition) is 1. The minimum absolute atomic E-state index is 0.000689. The highest BCUT2D eigenvalue weighted by Crippen LogP contribution is 2.33. The highest BCUT2D eigenvalue weighted by molar-refractivity contribution is 9.10. The maximum Gasteiger partial charge on any atom is 0.261 e. The number of halogens is 1. The van der Waals surface area contributed by atoms with Gasteiger partial charge >= 0.3 is 0 Å². The smallest absolute Gasteiger partial charge is 0.261 e. The Balaban J connectivity index is 1.62. The van der Waals surface area contributed by atoms with Crippen LogP contribution in [0, 0.1) is 0 Å². The van der Waals surface area contributed by atoms with Gasteiger partial charge in [0.15, 0.2) is 6.61 Å². The summed E-state index contributed by atoms with van der Waals surface area (Å²) in [6.07, 6.45) is 1.21. The Morgan fingerprint density at radius 3 is 2.18 bits per heavy atom. The van der Waals surface area contributed by atoms with Crippen LogP contribution in [0.4, 0.5) is 0 Å². The molecule has 2 amide bonds. The van der Waals surface area contributed by atoms with Crippen molar-refractivity contribution >= 4 is 38.5 Å². The molecule has 1 N–H and O–H groups in total. The Morgan fingerprint density at radius 2 is 1.50 bits per heavy atom. The minimum atomic E-state index is -0.692. The number of nitrogens with one attached hydrogen (secondary N) is 1. The summed E-state index contributed by atoms with van der Waals surface area (Å²) in [5.74, 6) is 0.161. The van der Waals surface area contributed by atoms with E-state index in [9.17, 15) is 9.59 Å². The molecule has 4 aromatic rings. The van der Waals surface area contributed by atoms with E-state index >= 15 is 0 Å². The normalized spacial score (nSPS) is 12.5. The molecule has 0 aliphatic heterocycles. The molecular weight excluding hydrogens is 540 g/mol. The fourth-order valence-corrected chi connectivity index (χ4v) is 4.93. The van der Waals surface area contributed by atoms with Crippen LogP contribution in [0.2, 0.25) is 0 Å². The van der Waals surface area contributed by atoms with Gasteiger partial charge in [0.05, 0.1) is 4.47 Å². The molecule has 0 unspecified atom stereocenters. The molecule has 0 radical (unpaired) electrons. The summed E-state index contributed by atoms with van der Waals surface area (Å²) in [6, 6.07) is 30.7. The number of ether oxygens (including phenoxy) is 1. The molecule has 5 nitrogen and oxygen atoms in total. The van der Waals surface area contributed by atoms with E-state index in [0.717, 1.165) is 32.8 Å². The van der Waals surface area contributed by atoms with Crippen molar-refractivity contribution in [2.24, 2.45) is 0 Å². The summed E-state index contributed by atoms with van der Waals surface area (Å²) in [6.45, 7) is 4.11. The lowest BCUT2D eigenvalue weighted by atomic mass is 10.0. The predicted octanol–water partition coefficient (Wildman–Crippen LogP) is 6.54. The zero-order valence-corrected chi connectivity index (χ0v) is 23.4. The largest absolute Gasteiger partial charge is 0.483 e. The number of carbonyl (C=O) groups is 2. The van der Waals surface area contributed by atoms with Crippen LogP contribution < -0.4 is 10.1 Å². The molecule has 6 heteroatoms. The standard InChI is InChI=1S/C32H33BrN2O3/c1-3-23(2)34-32(37)28(20-24-12-6-4-7-13-24)35(21-25-14-8-5-9-15-25)30(36)22-38-29-19-18-26-16-10-11-17-27(26)31(29)33/h4-19,23,28H,3,20-22H2,1-2H3,(H,34,37)/t23-,28-/m0/s1. The lowest BCUT2D eigenvalue weighted by Crippen LogP contribution is -2.53. The van der Waals surface area contributed by atoms with Crippen LogP contribution in [0.25, 0.3) is 10.8 Å². The van der Waals surface area contributed by atoms with Gasteiger partial charge in [0.1, 0.15) is 11.8 Å². The van der Waals surface area contributed by atoms with Gasteiger partial charge in [-0.1, -0.05) is 97.9 Å². The molecule has 0 aromatic heterocycles. The number of fused-ring (bicyclic) bond motifs is 1. The fraction of sp³-hybridized carbons (Fsp3) is 0.250.